The van der Waals surface area contributed by atoms with Gasteiger partial charge in [0.1, 0.15) is 0 Å². The molecule has 3 amide bonds. The van der Waals surface area contributed by atoms with E-state index < -0.39 is 11.8 Å². The molecule has 0 aromatic heterocycles. The Kier molecular flexibility index (Phi) is 6.78. The maximum absolute atomic E-state index is 12.0. The summed E-state index contributed by atoms with van der Waals surface area (Å²) in [5, 5.41) is 4.77. The van der Waals surface area contributed by atoms with E-state index in [0.29, 0.717) is 0 Å². The average molecular weight is 379 g/mol. The molecule has 0 saturated heterocycles. The molecule has 146 valence electrons. The Balaban J connectivity index is 1.44. The van der Waals surface area contributed by atoms with Gasteiger partial charge in [-0.05, 0) is 35.3 Å². The summed E-state index contributed by atoms with van der Waals surface area (Å²) in [6.45, 7) is -0.150. The van der Waals surface area contributed by atoms with Crippen LogP contribution < -0.4 is 16.2 Å². The van der Waals surface area contributed by atoms with Crippen molar-refractivity contribution in [2.45, 2.75) is 32.1 Å². The van der Waals surface area contributed by atoms with Crippen molar-refractivity contribution in [1.82, 2.24) is 16.2 Å². The summed E-state index contributed by atoms with van der Waals surface area (Å²) >= 11 is 0. The lowest BCUT2D eigenvalue weighted by Gasteiger charge is -2.20. The second kappa shape index (κ2) is 9.69. The van der Waals surface area contributed by atoms with Crippen molar-refractivity contribution in [2.24, 2.45) is 5.92 Å². The molecule has 2 aromatic carbocycles. The van der Waals surface area contributed by atoms with Crippen LogP contribution in [0.1, 0.15) is 37.7 Å². The van der Waals surface area contributed by atoms with E-state index in [9.17, 15) is 14.4 Å². The van der Waals surface area contributed by atoms with Crippen LogP contribution >= 0.6 is 0 Å². The number of fused-ring (bicyclic) bond motifs is 1. The quantitative estimate of drug-likeness (QED) is 0.551. The van der Waals surface area contributed by atoms with E-state index in [4.69, 9.17) is 0 Å². The van der Waals surface area contributed by atoms with E-state index in [1.54, 1.807) is 6.08 Å². The molecule has 1 aliphatic rings. The highest BCUT2D eigenvalue weighted by Crippen LogP contribution is 2.23. The monoisotopic (exact) mass is 379 g/mol. The number of hydrazine groups is 1. The summed E-state index contributed by atoms with van der Waals surface area (Å²) < 4.78 is 0. The molecule has 0 radical (unpaired) electrons. The van der Waals surface area contributed by atoms with Gasteiger partial charge in [0.05, 0.1) is 6.54 Å². The molecule has 0 heterocycles. The number of carbonyl (C=O) groups is 3. The van der Waals surface area contributed by atoms with Crippen molar-refractivity contribution in [1.29, 1.82) is 0 Å². The molecule has 28 heavy (non-hydrogen) atoms. The van der Waals surface area contributed by atoms with Crippen LogP contribution in [0.2, 0.25) is 0 Å². The number of benzene rings is 2. The fourth-order valence-corrected chi connectivity index (χ4v) is 3.45. The summed E-state index contributed by atoms with van der Waals surface area (Å²) in [4.78, 5) is 35.8. The van der Waals surface area contributed by atoms with Crippen molar-refractivity contribution in [2.75, 3.05) is 6.54 Å². The zero-order valence-electron chi connectivity index (χ0n) is 15.7. The molecule has 0 atom stereocenters. The van der Waals surface area contributed by atoms with Gasteiger partial charge in [0.25, 0.3) is 11.8 Å². The van der Waals surface area contributed by atoms with E-state index in [1.165, 1.54) is 12.5 Å². The smallest absolute Gasteiger partial charge is 0.262 e. The maximum atomic E-state index is 12.0. The van der Waals surface area contributed by atoms with Crippen LogP contribution in [0.5, 0.6) is 0 Å². The van der Waals surface area contributed by atoms with Gasteiger partial charge >= 0.3 is 0 Å². The topological polar surface area (TPSA) is 87.3 Å². The van der Waals surface area contributed by atoms with Gasteiger partial charge in [0.15, 0.2) is 0 Å². The normalized spacial score (nSPS) is 14.7. The van der Waals surface area contributed by atoms with Crippen molar-refractivity contribution in [3.05, 3.63) is 54.1 Å². The van der Waals surface area contributed by atoms with Crippen LogP contribution in [0.3, 0.4) is 0 Å². The lowest BCUT2D eigenvalue weighted by atomic mass is 9.89. The highest BCUT2D eigenvalue weighted by Gasteiger charge is 2.21. The van der Waals surface area contributed by atoms with Gasteiger partial charge in [0, 0.05) is 12.0 Å². The number of amides is 3. The molecule has 6 heteroatoms. The molecule has 1 aliphatic carbocycles. The molecule has 2 aromatic rings. The number of hydrogen-bond donors (Lipinski definition) is 3. The first kappa shape index (κ1) is 19.6. The minimum absolute atomic E-state index is 0.000213. The molecular formula is C22H25N3O3. The third-order valence-corrected chi connectivity index (χ3v) is 4.96. The van der Waals surface area contributed by atoms with Gasteiger partial charge in [-0.1, -0.05) is 61.7 Å². The van der Waals surface area contributed by atoms with Gasteiger partial charge in [0.2, 0.25) is 5.91 Å². The van der Waals surface area contributed by atoms with E-state index >= 15 is 0 Å². The molecule has 0 aliphatic heterocycles. The van der Waals surface area contributed by atoms with Crippen LogP contribution in [0.15, 0.2) is 48.5 Å². The van der Waals surface area contributed by atoms with Crippen LogP contribution in [0.4, 0.5) is 0 Å². The zero-order valence-corrected chi connectivity index (χ0v) is 15.7. The Hall–Kier alpha value is -3.15. The van der Waals surface area contributed by atoms with E-state index in [-0.39, 0.29) is 18.4 Å². The minimum Gasteiger partial charge on any atom is -0.347 e. The molecule has 0 unspecified atom stereocenters. The highest BCUT2D eigenvalue weighted by molar-refractivity contribution is 5.97. The number of carbonyl (C=O) groups excluding carboxylic acids is 3. The van der Waals surface area contributed by atoms with Gasteiger partial charge in [-0.15, -0.1) is 0 Å². The van der Waals surface area contributed by atoms with Crippen molar-refractivity contribution >= 4 is 34.6 Å². The Morgan fingerprint density at radius 1 is 0.929 bits per heavy atom. The van der Waals surface area contributed by atoms with Crippen molar-refractivity contribution in [3.8, 4) is 0 Å². The Bertz CT molecular complexity index is 880. The fourth-order valence-electron chi connectivity index (χ4n) is 3.45. The van der Waals surface area contributed by atoms with Gasteiger partial charge in [-0.3, -0.25) is 25.2 Å². The first-order chi connectivity index (χ1) is 13.6. The molecule has 1 saturated carbocycles. The molecule has 1 fully saturated rings. The molecule has 3 rings (SSSR count). The highest BCUT2D eigenvalue weighted by atomic mass is 16.2. The summed E-state index contributed by atoms with van der Waals surface area (Å²) in [6.07, 6.45) is 8.11. The van der Waals surface area contributed by atoms with E-state index in [0.717, 1.165) is 42.0 Å². The summed E-state index contributed by atoms with van der Waals surface area (Å²) in [6, 6.07) is 13.8. The second-order valence-electron chi connectivity index (χ2n) is 6.99. The molecule has 0 bridgehead atoms. The van der Waals surface area contributed by atoms with Gasteiger partial charge < -0.3 is 5.32 Å². The number of rotatable bonds is 5. The summed E-state index contributed by atoms with van der Waals surface area (Å²) in [5.74, 6) is -0.993. The predicted octanol–water partition coefficient (Wildman–Crippen LogP) is 2.70. The second-order valence-corrected chi connectivity index (χ2v) is 6.99. The van der Waals surface area contributed by atoms with Gasteiger partial charge in [-0.25, -0.2) is 0 Å². The zero-order chi connectivity index (χ0) is 19.8. The van der Waals surface area contributed by atoms with Crippen LogP contribution in [0, 0.1) is 5.92 Å². The fraction of sp³-hybridized carbons (Fsp3) is 0.318. The predicted molar refractivity (Wildman–Crippen MR) is 109 cm³/mol. The maximum Gasteiger partial charge on any atom is 0.262 e. The number of nitrogens with one attached hydrogen (secondary N) is 3. The van der Waals surface area contributed by atoms with Crippen molar-refractivity contribution < 1.29 is 14.4 Å². The first-order valence-corrected chi connectivity index (χ1v) is 9.66. The third kappa shape index (κ3) is 5.42. The molecule has 3 N–H and O–H groups in total. The van der Waals surface area contributed by atoms with E-state index in [2.05, 4.69) is 16.2 Å². The summed E-state index contributed by atoms with van der Waals surface area (Å²) in [5.41, 5.74) is 5.55. The Morgan fingerprint density at radius 3 is 2.50 bits per heavy atom. The Labute approximate surface area is 164 Å². The van der Waals surface area contributed by atoms with Crippen molar-refractivity contribution in [3.63, 3.8) is 0 Å². The molecule has 6 nitrogen and oxygen atoms in total. The lowest BCUT2D eigenvalue weighted by Crippen LogP contribution is -2.46. The number of hydrogen-bond acceptors (Lipinski definition) is 3. The van der Waals surface area contributed by atoms with Gasteiger partial charge in [-0.2, -0.15) is 0 Å². The minimum atomic E-state index is -0.462. The van der Waals surface area contributed by atoms with Crippen LogP contribution in [-0.4, -0.2) is 24.3 Å². The SMILES string of the molecule is O=C(C=Cc1cccc2ccccc12)NNC(=O)CNC(=O)C1CCCCC1. The summed E-state index contributed by atoms with van der Waals surface area (Å²) in [7, 11) is 0. The lowest BCUT2D eigenvalue weighted by molar-refractivity contribution is -0.130. The van der Waals surface area contributed by atoms with Crippen LogP contribution in [-0.2, 0) is 14.4 Å². The largest absolute Gasteiger partial charge is 0.347 e. The average Bonchev–Trinajstić information content (AvgIpc) is 2.75. The Morgan fingerprint density at radius 2 is 1.68 bits per heavy atom. The molecular weight excluding hydrogens is 354 g/mol. The van der Waals surface area contributed by atoms with Crippen LogP contribution in [0.25, 0.3) is 16.8 Å². The molecule has 0 spiro atoms. The standard InChI is InChI=1S/C22H25N3O3/c26-20(14-13-17-11-6-10-16-7-4-5-12-19(16)17)24-25-21(27)15-23-22(28)18-8-2-1-3-9-18/h4-7,10-14,18H,1-3,8-9,15H2,(H,23,28)(H,24,26)(H,25,27). The third-order valence-electron chi connectivity index (χ3n) is 4.96. The van der Waals surface area contributed by atoms with E-state index in [1.807, 2.05) is 42.5 Å². The first-order valence-electron chi connectivity index (χ1n) is 9.66.